The Morgan fingerprint density at radius 1 is 1.03 bits per heavy atom. The normalized spacial score (nSPS) is 11.4. The topological polar surface area (TPSA) is 133 Å². The summed E-state index contributed by atoms with van der Waals surface area (Å²) in [5.74, 6) is 0.806. The summed E-state index contributed by atoms with van der Waals surface area (Å²) in [6.07, 6.45) is 1.65. The summed E-state index contributed by atoms with van der Waals surface area (Å²) >= 11 is 0. The average molecular weight is 505 g/mol. The molecule has 0 atom stereocenters. The minimum atomic E-state index is -3.63. The Kier molecular flexibility index (Phi) is 8.30. The summed E-state index contributed by atoms with van der Waals surface area (Å²) in [6.45, 7) is 2.41. The van der Waals surface area contributed by atoms with E-state index in [4.69, 9.17) is 18.6 Å². The number of hydrogen-bond donors (Lipinski definition) is 1. The molecule has 0 saturated heterocycles. The average Bonchev–Trinajstić information content (AvgIpc) is 3.34. The van der Waals surface area contributed by atoms with Crippen LogP contribution in [-0.4, -0.2) is 63.7 Å². The minimum Gasteiger partial charge on any atom is -0.493 e. The van der Waals surface area contributed by atoms with E-state index in [-0.39, 0.29) is 22.4 Å². The second kappa shape index (κ2) is 11.2. The maximum absolute atomic E-state index is 12.6. The van der Waals surface area contributed by atoms with Gasteiger partial charge in [0.05, 0.1) is 26.2 Å². The van der Waals surface area contributed by atoms with E-state index in [0.29, 0.717) is 29.4 Å². The van der Waals surface area contributed by atoms with Crippen molar-refractivity contribution in [2.24, 2.45) is 0 Å². The molecule has 0 spiro atoms. The second-order valence-corrected chi connectivity index (χ2v) is 9.53. The first-order chi connectivity index (χ1) is 16.7. The van der Waals surface area contributed by atoms with Crippen molar-refractivity contribution in [3.63, 3.8) is 0 Å². The van der Waals surface area contributed by atoms with E-state index in [0.717, 1.165) is 12.8 Å². The molecule has 0 saturated carbocycles. The number of ether oxygens (including phenoxy) is 3. The summed E-state index contributed by atoms with van der Waals surface area (Å²) in [5, 5.41) is 10.3. The van der Waals surface area contributed by atoms with Gasteiger partial charge in [-0.3, -0.25) is 10.1 Å². The number of nitrogens with one attached hydrogen (secondary N) is 1. The van der Waals surface area contributed by atoms with Crippen LogP contribution in [0.5, 0.6) is 17.2 Å². The molecular formula is C23H28N4O7S. The molecule has 0 fully saturated rings. The van der Waals surface area contributed by atoms with Gasteiger partial charge < -0.3 is 18.6 Å². The number of unbranched alkanes of at least 4 members (excludes halogenated alkanes) is 1. The Morgan fingerprint density at radius 3 is 2.20 bits per heavy atom. The molecule has 35 heavy (non-hydrogen) atoms. The van der Waals surface area contributed by atoms with Crippen molar-refractivity contribution in [2.75, 3.05) is 40.2 Å². The molecule has 2 aromatic carbocycles. The number of amides is 1. The number of aromatic nitrogens is 2. The van der Waals surface area contributed by atoms with Gasteiger partial charge in [-0.15, -0.1) is 5.10 Å². The fourth-order valence-corrected chi connectivity index (χ4v) is 4.43. The lowest BCUT2D eigenvalue weighted by Gasteiger charge is -2.16. The SMILES string of the molecule is CCCCN(C)S(=O)(=O)c1ccc(C(=O)Nc2nnc(-c3cc(OC)c(OC)c(OC)c3)o2)cc1. The van der Waals surface area contributed by atoms with Gasteiger partial charge in [-0.05, 0) is 42.8 Å². The van der Waals surface area contributed by atoms with Crippen LogP contribution in [0, 0.1) is 0 Å². The molecule has 11 nitrogen and oxygen atoms in total. The van der Waals surface area contributed by atoms with Crippen LogP contribution in [0.4, 0.5) is 6.01 Å². The molecule has 3 aromatic rings. The molecule has 12 heteroatoms. The molecule has 1 heterocycles. The van der Waals surface area contributed by atoms with Crippen molar-refractivity contribution < 1.29 is 31.8 Å². The van der Waals surface area contributed by atoms with Crippen LogP contribution in [0.25, 0.3) is 11.5 Å². The van der Waals surface area contributed by atoms with Crippen LogP contribution in [-0.2, 0) is 10.0 Å². The zero-order valence-electron chi connectivity index (χ0n) is 20.2. The Labute approximate surface area is 204 Å². The van der Waals surface area contributed by atoms with Crippen LogP contribution in [0.3, 0.4) is 0 Å². The molecule has 0 bridgehead atoms. The van der Waals surface area contributed by atoms with Crippen LogP contribution < -0.4 is 19.5 Å². The van der Waals surface area contributed by atoms with Gasteiger partial charge in [-0.1, -0.05) is 18.4 Å². The molecule has 188 valence electrons. The Morgan fingerprint density at radius 2 is 1.66 bits per heavy atom. The van der Waals surface area contributed by atoms with Crippen molar-refractivity contribution in [3.8, 4) is 28.7 Å². The standard InChI is InChI=1S/C23H28N4O7S/c1-6-7-12-27(2)35(29,30)17-10-8-15(9-11-17)21(28)24-23-26-25-22(34-23)16-13-18(31-3)20(33-5)19(14-16)32-4/h8-11,13-14H,6-7,12H2,1-5H3,(H,24,26,28). The van der Waals surface area contributed by atoms with Crippen LogP contribution in [0.1, 0.15) is 30.1 Å². The first-order valence-electron chi connectivity index (χ1n) is 10.8. The highest BCUT2D eigenvalue weighted by molar-refractivity contribution is 7.89. The summed E-state index contributed by atoms with van der Waals surface area (Å²) in [6, 6.07) is 8.77. The van der Waals surface area contributed by atoms with Gasteiger partial charge in [0.25, 0.3) is 5.91 Å². The van der Waals surface area contributed by atoms with Gasteiger partial charge >= 0.3 is 6.01 Å². The molecular weight excluding hydrogens is 476 g/mol. The van der Waals surface area contributed by atoms with Crippen LogP contribution in [0.15, 0.2) is 45.7 Å². The summed E-state index contributed by atoms with van der Waals surface area (Å²) in [5.41, 5.74) is 0.724. The number of rotatable bonds is 11. The molecule has 3 rings (SSSR count). The van der Waals surface area contributed by atoms with E-state index >= 15 is 0 Å². The monoisotopic (exact) mass is 504 g/mol. The third kappa shape index (κ3) is 5.72. The quantitative estimate of drug-likeness (QED) is 0.417. The van der Waals surface area contributed by atoms with E-state index in [1.165, 1.54) is 56.9 Å². The van der Waals surface area contributed by atoms with Crippen LogP contribution >= 0.6 is 0 Å². The Bertz CT molecular complexity index is 1250. The van der Waals surface area contributed by atoms with E-state index in [9.17, 15) is 13.2 Å². The zero-order valence-corrected chi connectivity index (χ0v) is 21.0. The maximum Gasteiger partial charge on any atom is 0.322 e. The molecule has 1 N–H and O–H groups in total. The van der Waals surface area contributed by atoms with Gasteiger partial charge in [0.2, 0.25) is 21.7 Å². The lowest BCUT2D eigenvalue weighted by atomic mass is 10.2. The largest absolute Gasteiger partial charge is 0.493 e. The molecule has 1 aromatic heterocycles. The number of anilines is 1. The predicted octanol–water partition coefficient (Wildman–Crippen LogP) is 3.44. The zero-order chi connectivity index (χ0) is 25.6. The molecule has 0 unspecified atom stereocenters. The Hall–Kier alpha value is -3.64. The third-order valence-electron chi connectivity index (χ3n) is 5.21. The van der Waals surface area contributed by atoms with Crippen molar-refractivity contribution in [1.29, 1.82) is 0 Å². The van der Waals surface area contributed by atoms with Gasteiger partial charge in [-0.2, -0.15) is 0 Å². The highest BCUT2D eigenvalue weighted by atomic mass is 32.2. The lowest BCUT2D eigenvalue weighted by molar-refractivity contribution is 0.102. The lowest BCUT2D eigenvalue weighted by Crippen LogP contribution is -2.28. The molecule has 0 aliphatic carbocycles. The molecule has 0 radical (unpaired) electrons. The van der Waals surface area contributed by atoms with E-state index in [1.54, 1.807) is 12.1 Å². The highest BCUT2D eigenvalue weighted by Gasteiger charge is 2.21. The summed E-state index contributed by atoms with van der Waals surface area (Å²) in [7, 11) is 2.38. The molecule has 0 aliphatic rings. The van der Waals surface area contributed by atoms with E-state index < -0.39 is 15.9 Å². The number of sulfonamides is 1. The predicted molar refractivity (Wildman–Crippen MR) is 129 cm³/mol. The van der Waals surface area contributed by atoms with Crippen LogP contribution in [0.2, 0.25) is 0 Å². The first-order valence-corrected chi connectivity index (χ1v) is 12.2. The van der Waals surface area contributed by atoms with Gasteiger partial charge in [-0.25, -0.2) is 12.7 Å². The third-order valence-corrected chi connectivity index (χ3v) is 7.08. The molecule has 1 amide bonds. The highest BCUT2D eigenvalue weighted by Crippen LogP contribution is 2.41. The smallest absolute Gasteiger partial charge is 0.322 e. The fourth-order valence-electron chi connectivity index (χ4n) is 3.22. The number of carbonyl (C=O) groups is 1. The van der Waals surface area contributed by atoms with Crippen molar-refractivity contribution in [3.05, 3.63) is 42.0 Å². The van der Waals surface area contributed by atoms with E-state index in [1.807, 2.05) is 6.92 Å². The van der Waals surface area contributed by atoms with Crippen molar-refractivity contribution in [1.82, 2.24) is 14.5 Å². The summed E-state index contributed by atoms with van der Waals surface area (Å²) in [4.78, 5) is 12.7. The molecule has 0 aliphatic heterocycles. The fraction of sp³-hybridized carbons (Fsp3) is 0.348. The van der Waals surface area contributed by atoms with E-state index in [2.05, 4.69) is 15.5 Å². The number of hydrogen-bond acceptors (Lipinski definition) is 9. The Balaban J connectivity index is 1.75. The number of methoxy groups -OCH3 is 3. The first kappa shape index (κ1) is 26.0. The van der Waals surface area contributed by atoms with Gasteiger partial charge in [0.15, 0.2) is 11.5 Å². The number of benzene rings is 2. The summed E-state index contributed by atoms with van der Waals surface area (Å²) < 4.78 is 48.1. The maximum atomic E-state index is 12.6. The second-order valence-electron chi connectivity index (χ2n) is 7.49. The van der Waals surface area contributed by atoms with Crippen molar-refractivity contribution in [2.45, 2.75) is 24.7 Å². The van der Waals surface area contributed by atoms with Gasteiger partial charge in [0.1, 0.15) is 0 Å². The number of carbonyl (C=O) groups excluding carboxylic acids is 1. The van der Waals surface area contributed by atoms with Crippen molar-refractivity contribution >= 4 is 21.9 Å². The minimum absolute atomic E-state index is 0.107. The van der Waals surface area contributed by atoms with Gasteiger partial charge in [0, 0.05) is 24.7 Å². The number of nitrogens with zero attached hydrogens (tertiary/aromatic N) is 3.